The molecule has 0 amide bonds. The molecule has 1 unspecified atom stereocenters. The normalized spacial score (nSPS) is 12.9. The SMILES string of the molecule is CCCCc1cnnn1CCCC(C)SC. The molecule has 0 saturated carbocycles. The number of unbranched alkanes of at least 4 members (excludes halogenated alkanes) is 1. The van der Waals surface area contributed by atoms with Crippen LogP contribution in [0.3, 0.4) is 0 Å². The molecular formula is C12H23N3S. The predicted molar refractivity (Wildman–Crippen MR) is 70.8 cm³/mol. The number of hydrogen-bond donors (Lipinski definition) is 0. The lowest BCUT2D eigenvalue weighted by molar-refractivity contribution is 0.518. The van der Waals surface area contributed by atoms with Gasteiger partial charge in [-0.25, -0.2) is 4.68 Å². The highest BCUT2D eigenvalue weighted by Crippen LogP contribution is 2.13. The topological polar surface area (TPSA) is 30.7 Å². The molecule has 1 aromatic rings. The fourth-order valence-electron chi connectivity index (χ4n) is 1.67. The summed E-state index contributed by atoms with van der Waals surface area (Å²) < 4.78 is 2.07. The van der Waals surface area contributed by atoms with Crippen molar-refractivity contribution >= 4 is 11.8 Å². The van der Waals surface area contributed by atoms with Gasteiger partial charge in [-0.15, -0.1) is 5.10 Å². The van der Waals surface area contributed by atoms with Crippen LogP contribution in [-0.2, 0) is 13.0 Å². The van der Waals surface area contributed by atoms with Crippen LogP contribution in [0.4, 0.5) is 0 Å². The van der Waals surface area contributed by atoms with Crippen molar-refractivity contribution in [1.82, 2.24) is 15.0 Å². The van der Waals surface area contributed by atoms with Crippen LogP contribution >= 0.6 is 11.8 Å². The summed E-state index contributed by atoms with van der Waals surface area (Å²) in [4.78, 5) is 0. The van der Waals surface area contributed by atoms with Crippen molar-refractivity contribution in [3.63, 3.8) is 0 Å². The summed E-state index contributed by atoms with van der Waals surface area (Å²) in [5, 5.41) is 8.90. The molecule has 0 N–H and O–H groups in total. The number of rotatable bonds is 8. The van der Waals surface area contributed by atoms with Crippen LogP contribution in [0.5, 0.6) is 0 Å². The van der Waals surface area contributed by atoms with E-state index in [1.165, 1.54) is 31.4 Å². The van der Waals surface area contributed by atoms with Gasteiger partial charge in [0, 0.05) is 11.8 Å². The largest absolute Gasteiger partial charge is 0.249 e. The van der Waals surface area contributed by atoms with Crippen LogP contribution in [0, 0.1) is 0 Å². The van der Waals surface area contributed by atoms with Gasteiger partial charge in [0.2, 0.25) is 0 Å². The van der Waals surface area contributed by atoms with Crippen molar-refractivity contribution in [1.29, 1.82) is 0 Å². The summed E-state index contributed by atoms with van der Waals surface area (Å²) in [6, 6.07) is 0. The summed E-state index contributed by atoms with van der Waals surface area (Å²) in [7, 11) is 0. The Morgan fingerprint density at radius 1 is 1.44 bits per heavy atom. The Morgan fingerprint density at radius 3 is 2.94 bits per heavy atom. The van der Waals surface area contributed by atoms with Crippen molar-refractivity contribution in [2.45, 2.75) is 57.7 Å². The zero-order chi connectivity index (χ0) is 11.8. The molecule has 0 saturated heterocycles. The van der Waals surface area contributed by atoms with E-state index in [4.69, 9.17) is 0 Å². The van der Waals surface area contributed by atoms with Gasteiger partial charge in [-0.1, -0.05) is 25.5 Å². The van der Waals surface area contributed by atoms with Crippen LogP contribution in [0.1, 0.15) is 45.2 Å². The standard InChI is InChI=1S/C12H23N3S/c1-4-5-8-12-10-13-14-15(12)9-6-7-11(2)16-3/h10-11H,4-9H2,1-3H3. The van der Waals surface area contributed by atoms with Crippen molar-refractivity contribution in [2.24, 2.45) is 0 Å². The monoisotopic (exact) mass is 241 g/mol. The highest BCUT2D eigenvalue weighted by molar-refractivity contribution is 7.99. The molecule has 1 atom stereocenters. The Kier molecular flexibility index (Phi) is 6.53. The van der Waals surface area contributed by atoms with E-state index in [0.29, 0.717) is 0 Å². The quantitative estimate of drug-likeness (QED) is 0.700. The van der Waals surface area contributed by atoms with Crippen molar-refractivity contribution in [3.8, 4) is 0 Å². The minimum absolute atomic E-state index is 0.752. The summed E-state index contributed by atoms with van der Waals surface area (Å²) in [6.45, 7) is 5.52. The summed E-state index contributed by atoms with van der Waals surface area (Å²) >= 11 is 1.93. The molecular weight excluding hydrogens is 218 g/mol. The van der Waals surface area contributed by atoms with Crippen LogP contribution in [0.2, 0.25) is 0 Å². The molecule has 0 aliphatic rings. The Labute approximate surface area is 103 Å². The smallest absolute Gasteiger partial charge is 0.0725 e. The van der Waals surface area contributed by atoms with Crippen LogP contribution in [-0.4, -0.2) is 26.5 Å². The van der Waals surface area contributed by atoms with E-state index >= 15 is 0 Å². The van der Waals surface area contributed by atoms with Gasteiger partial charge in [0.25, 0.3) is 0 Å². The fourth-order valence-corrected chi connectivity index (χ4v) is 2.07. The number of nitrogens with zero attached hydrogens (tertiary/aromatic N) is 3. The van der Waals surface area contributed by atoms with Crippen molar-refractivity contribution < 1.29 is 0 Å². The predicted octanol–water partition coefficient (Wildman–Crippen LogP) is 3.15. The second-order valence-corrected chi connectivity index (χ2v) is 5.52. The Balaban J connectivity index is 2.32. The van der Waals surface area contributed by atoms with E-state index in [1.54, 1.807) is 0 Å². The van der Waals surface area contributed by atoms with Crippen molar-refractivity contribution in [3.05, 3.63) is 11.9 Å². The third-order valence-electron chi connectivity index (χ3n) is 2.87. The molecule has 0 aliphatic carbocycles. The van der Waals surface area contributed by atoms with Crippen LogP contribution in [0.15, 0.2) is 6.20 Å². The van der Waals surface area contributed by atoms with Gasteiger partial charge in [-0.05, 0) is 31.9 Å². The molecule has 0 spiro atoms. The molecule has 1 aromatic heterocycles. The van der Waals surface area contributed by atoms with E-state index in [9.17, 15) is 0 Å². The first-order valence-corrected chi connectivity index (χ1v) is 7.46. The van der Waals surface area contributed by atoms with Gasteiger partial charge in [-0.2, -0.15) is 11.8 Å². The number of aromatic nitrogens is 3. The first kappa shape index (κ1) is 13.6. The van der Waals surface area contributed by atoms with Gasteiger partial charge in [0.1, 0.15) is 0 Å². The average Bonchev–Trinajstić information content (AvgIpc) is 2.73. The van der Waals surface area contributed by atoms with Gasteiger partial charge >= 0.3 is 0 Å². The molecule has 1 rings (SSSR count). The summed E-state index contributed by atoms with van der Waals surface area (Å²) in [5.74, 6) is 0. The first-order chi connectivity index (χ1) is 7.77. The Morgan fingerprint density at radius 2 is 2.25 bits per heavy atom. The molecule has 4 heteroatoms. The lowest BCUT2D eigenvalue weighted by Gasteiger charge is -2.09. The summed E-state index contributed by atoms with van der Waals surface area (Å²) in [5.41, 5.74) is 1.29. The molecule has 0 aliphatic heterocycles. The average molecular weight is 241 g/mol. The fraction of sp³-hybridized carbons (Fsp3) is 0.833. The lowest BCUT2D eigenvalue weighted by atomic mass is 10.2. The number of hydrogen-bond acceptors (Lipinski definition) is 3. The van der Waals surface area contributed by atoms with E-state index in [0.717, 1.165) is 18.2 Å². The van der Waals surface area contributed by atoms with E-state index in [1.807, 2.05) is 18.0 Å². The van der Waals surface area contributed by atoms with Gasteiger partial charge < -0.3 is 0 Å². The van der Waals surface area contributed by atoms with Gasteiger partial charge in [0.05, 0.1) is 11.9 Å². The minimum atomic E-state index is 0.752. The lowest BCUT2D eigenvalue weighted by Crippen LogP contribution is -2.07. The maximum Gasteiger partial charge on any atom is 0.0725 e. The van der Waals surface area contributed by atoms with Crippen molar-refractivity contribution in [2.75, 3.05) is 6.26 Å². The van der Waals surface area contributed by atoms with Crippen LogP contribution < -0.4 is 0 Å². The Bertz CT molecular complexity index is 286. The molecule has 92 valence electrons. The zero-order valence-electron chi connectivity index (χ0n) is 10.6. The zero-order valence-corrected chi connectivity index (χ0v) is 11.5. The molecule has 1 heterocycles. The minimum Gasteiger partial charge on any atom is -0.249 e. The maximum atomic E-state index is 4.15. The van der Waals surface area contributed by atoms with Gasteiger partial charge in [-0.3, -0.25) is 0 Å². The van der Waals surface area contributed by atoms with Gasteiger partial charge in [0.15, 0.2) is 0 Å². The number of aryl methyl sites for hydroxylation is 2. The molecule has 16 heavy (non-hydrogen) atoms. The highest BCUT2D eigenvalue weighted by atomic mass is 32.2. The second-order valence-electron chi connectivity index (χ2n) is 4.24. The molecule has 3 nitrogen and oxygen atoms in total. The molecule has 0 fully saturated rings. The summed E-state index contributed by atoms with van der Waals surface area (Å²) in [6.07, 6.45) is 10.1. The highest BCUT2D eigenvalue weighted by Gasteiger charge is 2.04. The van der Waals surface area contributed by atoms with E-state index in [-0.39, 0.29) is 0 Å². The molecule has 0 radical (unpaired) electrons. The number of thioether (sulfide) groups is 1. The molecule has 0 aromatic carbocycles. The second kappa shape index (κ2) is 7.71. The third kappa shape index (κ3) is 4.56. The van der Waals surface area contributed by atoms with E-state index < -0.39 is 0 Å². The third-order valence-corrected chi connectivity index (χ3v) is 3.91. The van der Waals surface area contributed by atoms with Crippen LogP contribution in [0.25, 0.3) is 0 Å². The Hall–Kier alpha value is -0.510. The molecule has 0 bridgehead atoms. The first-order valence-electron chi connectivity index (χ1n) is 6.18. The maximum absolute atomic E-state index is 4.15. The van der Waals surface area contributed by atoms with E-state index in [2.05, 4.69) is 35.1 Å².